The predicted molar refractivity (Wildman–Crippen MR) is 198 cm³/mol. The number of nitrogens with zero attached hydrogens (tertiary/aromatic N) is 3. The van der Waals surface area contributed by atoms with Crippen LogP contribution in [0.3, 0.4) is 0 Å². The summed E-state index contributed by atoms with van der Waals surface area (Å²) in [6.45, 7) is 2.85. The van der Waals surface area contributed by atoms with Gasteiger partial charge in [-0.25, -0.2) is 13.6 Å². The highest BCUT2D eigenvalue weighted by molar-refractivity contribution is 6.00. The van der Waals surface area contributed by atoms with Crippen molar-refractivity contribution >= 4 is 28.8 Å². The highest BCUT2D eigenvalue weighted by Crippen LogP contribution is 2.37. The van der Waals surface area contributed by atoms with Gasteiger partial charge in [-0.1, -0.05) is 12.1 Å². The molecule has 2 fully saturated rings. The lowest BCUT2D eigenvalue weighted by Crippen LogP contribution is -2.43. The molecular formula is C39H49F2N5O7. The van der Waals surface area contributed by atoms with Crippen LogP contribution in [0.15, 0.2) is 52.9 Å². The number of hydrogen-bond acceptors (Lipinski definition) is 12. The first kappa shape index (κ1) is 37.9. The Hall–Kier alpha value is -4.82. The lowest BCUT2D eigenvalue weighted by atomic mass is 10.0. The molecule has 2 N–H and O–H groups in total. The number of rotatable bonds is 17. The lowest BCUT2D eigenvalue weighted by Gasteiger charge is -2.37. The number of ether oxygens (including phenoxy) is 5. The maximum absolute atomic E-state index is 13.5. The van der Waals surface area contributed by atoms with Crippen LogP contribution in [0.1, 0.15) is 47.2 Å². The van der Waals surface area contributed by atoms with Gasteiger partial charge in [-0.3, -0.25) is 0 Å². The number of methoxy groups -OCH3 is 3. The van der Waals surface area contributed by atoms with Crippen molar-refractivity contribution in [2.45, 2.75) is 50.9 Å². The monoisotopic (exact) mass is 737 g/mol. The van der Waals surface area contributed by atoms with Crippen LogP contribution in [-0.2, 0) is 17.8 Å². The molecule has 2 aliphatic rings. The number of oxazole rings is 1. The summed E-state index contributed by atoms with van der Waals surface area (Å²) in [4.78, 5) is 22.9. The van der Waals surface area contributed by atoms with E-state index < -0.39 is 19.3 Å². The number of halogens is 2. The zero-order valence-electron chi connectivity index (χ0n) is 30.6. The molecule has 14 heteroatoms. The number of benzene rings is 3. The van der Waals surface area contributed by atoms with Crippen molar-refractivity contribution in [3.05, 3.63) is 65.2 Å². The summed E-state index contributed by atoms with van der Waals surface area (Å²) >= 11 is 0. The highest BCUT2D eigenvalue weighted by Gasteiger charge is 2.30. The van der Waals surface area contributed by atoms with Gasteiger partial charge >= 0.3 is 5.97 Å². The van der Waals surface area contributed by atoms with E-state index in [0.717, 1.165) is 63.0 Å². The minimum absolute atomic E-state index is 0.0747. The van der Waals surface area contributed by atoms with Crippen molar-refractivity contribution in [1.29, 1.82) is 0 Å². The molecule has 2 saturated heterocycles. The predicted octanol–water partition coefficient (Wildman–Crippen LogP) is 5.85. The van der Waals surface area contributed by atoms with E-state index in [1.807, 2.05) is 42.5 Å². The number of nitrogens with one attached hydrogen (secondary N) is 2. The average molecular weight is 738 g/mol. The molecule has 4 aromatic rings. The number of anilines is 2. The summed E-state index contributed by atoms with van der Waals surface area (Å²) in [5.41, 5.74) is 3.92. The number of fused-ring (bicyclic) bond motifs is 1. The fraction of sp³-hybridized carbons (Fsp3) is 0.487. The van der Waals surface area contributed by atoms with Crippen LogP contribution in [0.4, 0.5) is 20.5 Å². The Morgan fingerprint density at radius 1 is 0.755 bits per heavy atom. The zero-order valence-corrected chi connectivity index (χ0v) is 30.6. The van der Waals surface area contributed by atoms with Crippen LogP contribution in [0, 0.1) is 0 Å². The van der Waals surface area contributed by atoms with Gasteiger partial charge in [-0.05, 0) is 99.4 Å². The zero-order chi connectivity index (χ0) is 37.2. The summed E-state index contributed by atoms with van der Waals surface area (Å²) in [6.07, 6.45) is 3.46. The minimum Gasteiger partial charge on any atom is -0.493 e. The molecule has 286 valence electrons. The fourth-order valence-corrected chi connectivity index (χ4v) is 7.14. The van der Waals surface area contributed by atoms with Crippen molar-refractivity contribution in [2.24, 2.45) is 0 Å². The first-order chi connectivity index (χ1) is 26.0. The van der Waals surface area contributed by atoms with Gasteiger partial charge < -0.3 is 48.5 Å². The Morgan fingerprint density at radius 2 is 1.28 bits per heavy atom. The average Bonchev–Trinajstić information content (AvgIpc) is 3.63. The summed E-state index contributed by atoms with van der Waals surface area (Å²) in [6, 6.07) is 15.5. The number of alkyl halides is 2. The second-order valence-corrected chi connectivity index (χ2v) is 13.1. The first-order valence-corrected chi connectivity index (χ1v) is 18.1. The Labute approximate surface area is 308 Å². The van der Waals surface area contributed by atoms with Crippen LogP contribution >= 0.6 is 0 Å². The molecular weight excluding hydrogens is 688 g/mol. The summed E-state index contributed by atoms with van der Waals surface area (Å²) in [7, 11) is 4.47. The number of piperidine rings is 2. The highest BCUT2D eigenvalue weighted by atomic mass is 19.1. The third-order valence-electron chi connectivity index (χ3n) is 9.79. The van der Waals surface area contributed by atoms with Gasteiger partial charge in [0.15, 0.2) is 28.6 Å². The second kappa shape index (κ2) is 18.3. The molecule has 0 saturated carbocycles. The van der Waals surface area contributed by atoms with Gasteiger partial charge in [-0.2, -0.15) is 4.98 Å². The van der Waals surface area contributed by atoms with Crippen molar-refractivity contribution in [3.8, 4) is 23.0 Å². The molecule has 3 heterocycles. The molecule has 12 nitrogen and oxygen atoms in total. The largest absolute Gasteiger partial charge is 0.493 e. The normalized spacial score (nSPS) is 15.3. The molecule has 0 amide bonds. The summed E-state index contributed by atoms with van der Waals surface area (Å²) < 4.78 is 60.2. The van der Waals surface area contributed by atoms with Crippen LogP contribution in [0.25, 0.3) is 11.1 Å². The summed E-state index contributed by atoms with van der Waals surface area (Å²) in [5.74, 6) is 1.47. The quantitative estimate of drug-likeness (QED) is 0.127. The molecule has 53 heavy (non-hydrogen) atoms. The molecule has 0 radical (unpaired) electrons. The smallest absolute Gasteiger partial charge is 0.340 e. The molecule has 0 atom stereocenters. The maximum atomic E-state index is 13.5. The van der Waals surface area contributed by atoms with Crippen molar-refractivity contribution in [1.82, 2.24) is 15.6 Å². The van der Waals surface area contributed by atoms with Gasteiger partial charge in [0.1, 0.15) is 32.1 Å². The Kier molecular flexibility index (Phi) is 13.1. The van der Waals surface area contributed by atoms with Gasteiger partial charge in [0.05, 0.1) is 32.6 Å². The van der Waals surface area contributed by atoms with Crippen molar-refractivity contribution in [3.63, 3.8) is 0 Å². The summed E-state index contributed by atoms with van der Waals surface area (Å²) in [5, 5.41) is 6.87. The lowest BCUT2D eigenvalue weighted by molar-refractivity contribution is 0.0601. The van der Waals surface area contributed by atoms with Crippen LogP contribution in [-0.4, -0.2) is 97.1 Å². The van der Waals surface area contributed by atoms with Crippen molar-refractivity contribution in [2.75, 3.05) is 83.9 Å². The van der Waals surface area contributed by atoms with E-state index in [0.29, 0.717) is 64.5 Å². The number of esters is 1. The third-order valence-corrected chi connectivity index (χ3v) is 9.79. The molecule has 0 aliphatic carbocycles. The Morgan fingerprint density at radius 3 is 1.79 bits per heavy atom. The van der Waals surface area contributed by atoms with Crippen LogP contribution in [0.2, 0.25) is 0 Å². The fourth-order valence-electron chi connectivity index (χ4n) is 7.14. The molecule has 3 aromatic carbocycles. The molecule has 0 spiro atoms. The number of aromatic nitrogens is 1. The Bertz CT molecular complexity index is 1810. The topological polar surface area (TPSA) is 120 Å². The van der Waals surface area contributed by atoms with E-state index in [9.17, 15) is 13.6 Å². The van der Waals surface area contributed by atoms with Gasteiger partial charge in [0.25, 0.3) is 6.01 Å². The molecule has 1 aromatic heterocycles. The van der Waals surface area contributed by atoms with Crippen LogP contribution < -0.4 is 39.4 Å². The van der Waals surface area contributed by atoms with Gasteiger partial charge in [0.2, 0.25) is 0 Å². The number of carbonyl (C=O) groups excluding carboxylic acids is 1. The SMILES string of the molecule is COC(=O)c1cc2oc(N(Cc3ccc(OC)c(OCCF)c3)C3CCNCC3)nc2cc1N(Cc1ccc(OC)c(OCCF)c1)C1CCNCC1. The van der Waals surface area contributed by atoms with Crippen molar-refractivity contribution < 1.29 is 41.7 Å². The first-order valence-electron chi connectivity index (χ1n) is 18.1. The van der Waals surface area contributed by atoms with E-state index in [2.05, 4.69) is 20.4 Å². The molecule has 2 aliphatic heterocycles. The van der Waals surface area contributed by atoms with E-state index in [4.69, 9.17) is 33.1 Å². The van der Waals surface area contributed by atoms with Gasteiger partial charge in [-0.15, -0.1) is 0 Å². The van der Waals surface area contributed by atoms with E-state index in [1.165, 1.54) is 7.11 Å². The standard InChI is InChI=1S/C39H49F2N5O7/c1-48-33-6-4-26(20-36(33)51-18-12-40)24-45(28-8-14-42-15-9-28)32-23-31-35(22-30(32)38(47)50-3)53-39(44-31)46(29-10-16-43-17-11-29)25-27-5-7-34(49-2)37(21-27)52-19-13-41/h4-7,20-23,28-29,42-43H,8-19,24-25H2,1-3H3. The number of hydrogen-bond donors (Lipinski definition) is 2. The van der Waals surface area contributed by atoms with E-state index in [-0.39, 0.29) is 25.3 Å². The number of carbonyl (C=O) groups is 1. The third kappa shape index (κ3) is 9.05. The molecule has 6 rings (SSSR count). The second-order valence-electron chi connectivity index (χ2n) is 13.1. The van der Waals surface area contributed by atoms with E-state index >= 15 is 0 Å². The van der Waals surface area contributed by atoms with E-state index in [1.54, 1.807) is 20.3 Å². The maximum Gasteiger partial charge on any atom is 0.340 e. The van der Waals surface area contributed by atoms with Gasteiger partial charge in [0, 0.05) is 25.2 Å². The van der Waals surface area contributed by atoms with Crippen LogP contribution in [0.5, 0.6) is 23.0 Å². The molecule has 0 bridgehead atoms. The minimum atomic E-state index is -0.623. The molecule has 0 unspecified atom stereocenters. The Balaban J connectivity index is 1.41.